The lowest BCUT2D eigenvalue weighted by atomic mass is 10.1. The van der Waals surface area contributed by atoms with Crippen LogP contribution in [-0.4, -0.2) is 17.4 Å². The lowest BCUT2D eigenvalue weighted by Gasteiger charge is -2.03. The van der Waals surface area contributed by atoms with Crippen molar-refractivity contribution in [3.63, 3.8) is 0 Å². The highest BCUT2D eigenvalue weighted by atomic mass is 16.1. The van der Waals surface area contributed by atoms with E-state index in [9.17, 15) is 4.79 Å². The quantitative estimate of drug-likeness (QED) is 0.693. The number of nitrogens with one attached hydrogen (secondary N) is 2. The predicted octanol–water partition coefficient (Wildman–Crippen LogP) is 4.26. The van der Waals surface area contributed by atoms with Crippen molar-refractivity contribution in [2.24, 2.45) is 0 Å². The second-order valence-electron chi connectivity index (χ2n) is 5.29. The minimum Gasteiger partial charge on any atom is -0.351 e. The maximum Gasteiger partial charge on any atom is 0.267 e. The van der Waals surface area contributed by atoms with Gasteiger partial charge >= 0.3 is 0 Å². The lowest BCUT2D eigenvalue weighted by molar-refractivity contribution is 0.0949. The molecule has 2 N–H and O–H groups in total. The zero-order valence-corrected chi connectivity index (χ0v) is 12.2. The van der Waals surface area contributed by atoms with Crippen LogP contribution in [0, 0.1) is 0 Å². The molecule has 3 heteroatoms. The van der Waals surface area contributed by atoms with Gasteiger partial charge in [0, 0.05) is 17.4 Å². The Morgan fingerprint density at radius 1 is 1.10 bits per heavy atom. The van der Waals surface area contributed by atoms with Gasteiger partial charge in [0.1, 0.15) is 5.69 Å². The Balaban J connectivity index is 1.72. The van der Waals surface area contributed by atoms with Gasteiger partial charge in [-0.25, -0.2) is 0 Å². The van der Waals surface area contributed by atoms with Crippen molar-refractivity contribution in [2.45, 2.75) is 45.4 Å². The Labute approximate surface area is 120 Å². The molecule has 1 heterocycles. The summed E-state index contributed by atoms with van der Waals surface area (Å²) >= 11 is 0. The van der Waals surface area contributed by atoms with Gasteiger partial charge in [0.2, 0.25) is 0 Å². The SMILES string of the molecule is CCCCCCCCNC(=O)c1cc2ccccc2[nH]1. The third kappa shape index (κ3) is 4.12. The van der Waals surface area contributed by atoms with E-state index >= 15 is 0 Å². The molecule has 108 valence electrons. The number of H-pyrrole nitrogens is 1. The van der Waals surface area contributed by atoms with Gasteiger partial charge in [-0.15, -0.1) is 0 Å². The van der Waals surface area contributed by atoms with Crippen LogP contribution in [0.5, 0.6) is 0 Å². The van der Waals surface area contributed by atoms with E-state index in [0.29, 0.717) is 5.69 Å². The number of benzene rings is 1. The van der Waals surface area contributed by atoms with Gasteiger partial charge in [0.25, 0.3) is 5.91 Å². The Hall–Kier alpha value is -1.77. The molecule has 0 spiro atoms. The molecular weight excluding hydrogens is 248 g/mol. The van der Waals surface area contributed by atoms with E-state index < -0.39 is 0 Å². The minimum atomic E-state index is -0.00485. The Morgan fingerprint density at radius 3 is 2.65 bits per heavy atom. The highest BCUT2D eigenvalue weighted by Crippen LogP contribution is 2.14. The fourth-order valence-corrected chi connectivity index (χ4v) is 2.40. The highest BCUT2D eigenvalue weighted by Gasteiger charge is 2.07. The number of hydrogen-bond acceptors (Lipinski definition) is 1. The van der Waals surface area contributed by atoms with E-state index in [1.54, 1.807) is 0 Å². The first-order valence-electron chi connectivity index (χ1n) is 7.67. The number of fused-ring (bicyclic) bond motifs is 1. The van der Waals surface area contributed by atoms with E-state index in [2.05, 4.69) is 17.2 Å². The molecule has 0 aliphatic carbocycles. The summed E-state index contributed by atoms with van der Waals surface area (Å²) < 4.78 is 0. The van der Waals surface area contributed by atoms with Crippen LogP contribution in [0.3, 0.4) is 0 Å². The predicted molar refractivity (Wildman–Crippen MR) is 84.0 cm³/mol. The summed E-state index contributed by atoms with van der Waals surface area (Å²) in [6.45, 7) is 2.99. The van der Waals surface area contributed by atoms with E-state index in [0.717, 1.165) is 23.9 Å². The minimum absolute atomic E-state index is 0.00485. The summed E-state index contributed by atoms with van der Waals surface area (Å²) in [5.41, 5.74) is 1.66. The van der Waals surface area contributed by atoms with Crippen molar-refractivity contribution in [1.82, 2.24) is 10.3 Å². The largest absolute Gasteiger partial charge is 0.351 e. The van der Waals surface area contributed by atoms with Crippen LogP contribution in [0.2, 0.25) is 0 Å². The molecule has 1 amide bonds. The third-order valence-electron chi connectivity index (χ3n) is 3.59. The Bertz CT molecular complexity index is 512. The van der Waals surface area contributed by atoms with Gasteiger partial charge in [0.05, 0.1) is 0 Å². The maximum absolute atomic E-state index is 12.0. The van der Waals surface area contributed by atoms with Crippen molar-refractivity contribution >= 4 is 16.8 Å². The Morgan fingerprint density at radius 2 is 1.85 bits per heavy atom. The van der Waals surface area contributed by atoms with Gasteiger partial charge < -0.3 is 10.3 Å². The fourth-order valence-electron chi connectivity index (χ4n) is 2.40. The van der Waals surface area contributed by atoms with Crippen LogP contribution in [0.4, 0.5) is 0 Å². The number of hydrogen-bond donors (Lipinski definition) is 2. The molecule has 0 unspecified atom stereocenters. The van der Waals surface area contributed by atoms with Gasteiger partial charge in [-0.05, 0) is 18.6 Å². The molecule has 2 rings (SSSR count). The monoisotopic (exact) mass is 272 g/mol. The van der Waals surface area contributed by atoms with E-state index in [-0.39, 0.29) is 5.91 Å². The van der Waals surface area contributed by atoms with Crippen molar-refractivity contribution in [1.29, 1.82) is 0 Å². The van der Waals surface area contributed by atoms with Crippen molar-refractivity contribution < 1.29 is 4.79 Å². The molecule has 20 heavy (non-hydrogen) atoms. The maximum atomic E-state index is 12.0. The molecule has 0 saturated heterocycles. The number of aromatic amines is 1. The molecule has 2 aromatic rings. The molecule has 0 aliphatic rings. The van der Waals surface area contributed by atoms with Crippen LogP contribution >= 0.6 is 0 Å². The smallest absolute Gasteiger partial charge is 0.267 e. The molecule has 0 bridgehead atoms. The number of carbonyl (C=O) groups is 1. The first-order valence-corrected chi connectivity index (χ1v) is 7.67. The van der Waals surface area contributed by atoms with Gasteiger partial charge in [0.15, 0.2) is 0 Å². The summed E-state index contributed by atoms with van der Waals surface area (Å²) in [6, 6.07) is 9.85. The van der Waals surface area contributed by atoms with Gasteiger partial charge in [-0.1, -0.05) is 57.2 Å². The molecular formula is C17H24N2O. The number of para-hydroxylation sites is 1. The molecule has 3 nitrogen and oxygen atoms in total. The van der Waals surface area contributed by atoms with Crippen LogP contribution in [-0.2, 0) is 0 Å². The van der Waals surface area contributed by atoms with Crippen LogP contribution in [0.15, 0.2) is 30.3 Å². The number of aromatic nitrogens is 1. The summed E-state index contributed by atoms with van der Waals surface area (Å²) in [6.07, 6.45) is 7.45. The van der Waals surface area contributed by atoms with E-state index in [4.69, 9.17) is 0 Å². The van der Waals surface area contributed by atoms with Crippen LogP contribution < -0.4 is 5.32 Å². The number of rotatable bonds is 8. The van der Waals surface area contributed by atoms with Crippen molar-refractivity contribution in [2.75, 3.05) is 6.54 Å². The average molecular weight is 272 g/mol. The number of carbonyl (C=O) groups excluding carboxylic acids is 1. The van der Waals surface area contributed by atoms with Crippen molar-refractivity contribution in [3.8, 4) is 0 Å². The average Bonchev–Trinajstić information content (AvgIpc) is 2.90. The lowest BCUT2D eigenvalue weighted by Crippen LogP contribution is -2.24. The van der Waals surface area contributed by atoms with Gasteiger partial charge in [-0.2, -0.15) is 0 Å². The summed E-state index contributed by atoms with van der Waals surface area (Å²) in [7, 11) is 0. The summed E-state index contributed by atoms with van der Waals surface area (Å²) in [5.74, 6) is -0.00485. The number of unbranched alkanes of at least 4 members (excludes halogenated alkanes) is 5. The normalized spacial score (nSPS) is 10.8. The van der Waals surface area contributed by atoms with Gasteiger partial charge in [-0.3, -0.25) is 4.79 Å². The van der Waals surface area contributed by atoms with E-state index in [1.165, 1.54) is 32.1 Å². The fraction of sp³-hybridized carbons (Fsp3) is 0.471. The standard InChI is InChI=1S/C17H24N2O/c1-2-3-4-5-6-9-12-18-17(20)16-13-14-10-7-8-11-15(14)19-16/h7-8,10-11,13,19H,2-6,9,12H2,1H3,(H,18,20). The van der Waals surface area contributed by atoms with Crippen LogP contribution in [0.1, 0.15) is 55.9 Å². The first-order chi connectivity index (χ1) is 9.81. The highest BCUT2D eigenvalue weighted by molar-refractivity contribution is 5.97. The van der Waals surface area contributed by atoms with Crippen LogP contribution in [0.25, 0.3) is 10.9 Å². The zero-order valence-electron chi connectivity index (χ0n) is 12.2. The topological polar surface area (TPSA) is 44.9 Å². The molecule has 1 aromatic carbocycles. The molecule has 0 atom stereocenters. The summed E-state index contributed by atoms with van der Waals surface area (Å²) in [4.78, 5) is 15.2. The number of amides is 1. The molecule has 1 aromatic heterocycles. The second kappa shape index (κ2) is 7.73. The third-order valence-corrected chi connectivity index (χ3v) is 3.59. The van der Waals surface area contributed by atoms with Crippen molar-refractivity contribution in [3.05, 3.63) is 36.0 Å². The first kappa shape index (κ1) is 14.6. The Kier molecular flexibility index (Phi) is 5.66. The molecule has 0 fully saturated rings. The van der Waals surface area contributed by atoms with E-state index in [1.807, 2.05) is 30.3 Å². The molecule has 0 saturated carbocycles. The molecule has 0 aliphatic heterocycles. The second-order valence-corrected chi connectivity index (χ2v) is 5.29. The summed E-state index contributed by atoms with van der Waals surface area (Å²) in [5, 5.41) is 4.06. The zero-order chi connectivity index (χ0) is 14.2. The molecule has 0 radical (unpaired) electrons.